The molecule has 2 aliphatic rings. The Hall–Kier alpha value is -2.19. The zero-order chi connectivity index (χ0) is 22.5. The van der Waals surface area contributed by atoms with Gasteiger partial charge in [0.25, 0.3) is 0 Å². The van der Waals surface area contributed by atoms with Crippen molar-refractivity contribution in [3.8, 4) is 0 Å². The fourth-order valence-electron chi connectivity index (χ4n) is 4.92. The van der Waals surface area contributed by atoms with Crippen LogP contribution in [0.4, 0.5) is 10.2 Å². The van der Waals surface area contributed by atoms with Gasteiger partial charge in [-0.05, 0) is 63.1 Å². The summed E-state index contributed by atoms with van der Waals surface area (Å²) < 4.78 is 24.1. The number of fused-ring (bicyclic) bond motifs is 1. The molecule has 0 radical (unpaired) electrons. The summed E-state index contributed by atoms with van der Waals surface area (Å²) in [7, 11) is 1.62. The van der Waals surface area contributed by atoms with Crippen molar-refractivity contribution in [2.24, 2.45) is 5.92 Å². The maximum absolute atomic E-state index is 13.8. The average Bonchev–Trinajstić information content (AvgIpc) is 3.20. The minimum absolute atomic E-state index is 0.105. The van der Waals surface area contributed by atoms with Gasteiger partial charge in [-0.3, -0.25) is 9.69 Å². The molecule has 4 rings (SSSR count). The number of carbonyl (C=O) groups is 1. The van der Waals surface area contributed by atoms with Gasteiger partial charge in [-0.15, -0.1) is 0 Å². The third-order valence-electron chi connectivity index (χ3n) is 7.00. The first-order chi connectivity index (χ1) is 15.5. The Kier molecular flexibility index (Phi) is 7.63. The van der Waals surface area contributed by atoms with E-state index in [2.05, 4.69) is 20.3 Å². The van der Waals surface area contributed by atoms with Gasteiger partial charge in [0.05, 0.1) is 12.0 Å². The number of benzene rings is 1. The van der Waals surface area contributed by atoms with Gasteiger partial charge in [-0.25, -0.2) is 4.39 Å². The second kappa shape index (κ2) is 10.6. The lowest BCUT2D eigenvalue weighted by Crippen LogP contribution is -2.47. The Balaban J connectivity index is 1.18. The summed E-state index contributed by atoms with van der Waals surface area (Å²) in [5.41, 5.74) is 1.13. The van der Waals surface area contributed by atoms with Gasteiger partial charge in [0.1, 0.15) is 5.82 Å². The fraction of sp³-hybridized carbons (Fsp3) is 0.667. The van der Waals surface area contributed by atoms with E-state index >= 15 is 0 Å². The first kappa shape index (κ1) is 23.0. The number of hydrogen-bond acceptors (Lipinski definition) is 6. The van der Waals surface area contributed by atoms with Crippen molar-refractivity contribution in [2.75, 3.05) is 51.3 Å². The van der Waals surface area contributed by atoms with Crippen LogP contribution >= 0.6 is 0 Å². The summed E-state index contributed by atoms with van der Waals surface area (Å²) in [6.07, 6.45) is 6.21. The van der Waals surface area contributed by atoms with E-state index < -0.39 is 0 Å². The van der Waals surface area contributed by atoms with Crippen LogP contribution in [-0.2, 0) is 9.53 Å². The lowest BCUT2D eigenvalue weighted by atomic mass is 9.84. The third-order valence-corrected chi connectivity index (χ3v) is 7.00. The molecule has 1 aliphatic carbocycles. The van der Waals surface area contributed by atoms with Gasteiger partial charge in [0.15, 0.2) is 11.4 Å². The SMILES string of the molecule is COCCC(=O)N[C@H]1CC[C@H](CCN2CCN(c3noc4cc(F)c(C)cc34)CC2)CC1. The zero-order valence-corrected chi connectivity index (χ0v) is 19.2. The van der Waals surface area contributed by atoms with Crippen molar-refractivity contribution < 1.29 is 18.4 Å². The van der Waals surface area contributed by atoms with E-state index in [-0.39, 0.29) is 11.7 Å². The number of halogens is 1. The highest BCUT2D eigenvalue weighted by Crippen LogP contribution is 2.30. The van der Waals surface area contributed by atoms with Crippen LogP contribution < -0.4 is 10.2 Å². The quantitative estimate of drug-likeness (QED) is 0.669. The molecule has 8 heteroatoms. The molecule has 2 heterocycles. The number of piperazine rings is 1. The molecule has 2 aromatic rings. The summed E-state index contributed by atoms with van der Waals surface area (Å²) in [6.45, 7) is 7.18. The number of aromatic nitrogens is 1. The number of nitrogens with zero attached hydrogens (tertiary/aromatic N) is 3. The van der Waals surface area contributed by atoms with E-state index in [0.717, 1.165) is 62.7 Å². The maximum Gasteiger partial charge on any atom is 0.222 e. The van der Waals surface area contributed by atoms with Crippen LogP contribution in [0.3, 0.4) is 0 Å². The Morgan fingerprint density at radius 3 is 2.69 bits per heavy atom. The van der Waals surface area contributed by atoms with E-state index in [4.69, 9.17) is 9.26 Å². The second-order valence-electron chi connectivity index (χ2n) is 9.25. The Morgan fingerprint density at radius 1 is 1.22 bits per heavy atom. The van der Waals surface area contributed by atoms with Crippen molar-refractivity contribution in [3.05, 3.63) is 23.5 Å². The van der Waals surface area contributed by atoms with Gasteiger partial charge < -0.3 is 19.5 Å². The molecular formula is C24H35FN4O3. The monoisotopic (exact) mass is 446 g/mol. The number of rotatable bonds is 8. The van der Waals surface area contributed by atoms with E-state index in [1.165, 1.54) is 25.3 Å². The van der Waals surface area contributed by atoms with E-state index in [9.17, 15) is 9.18 Å². The molecule has 1 saturated heterocycles. The maximum atomic E-state index is 13.8. The van der Waals surface area contributed by atoms with E-state index in [1.54, 1.807) is 14.0 Å². The Labute approximate surface area is 189 Å². The number of methoxy groups -OCH3 is 1. The largest absolute Gasteiger partial charge is 0.384 e. The van der Waals surface area contributed by atoms with E-state index in [0.29, 0.717) is 30.2 Å². The summed E-state index contributed by atoms with van der Waals surface area (Å²) in [4.78, 5) is 16.6. The van der Waals surface area contributed by atoms with Crippen LogP contribution in [0.15, 0.2) is 16.7 Å². The first-order valence-electron chi connectivity index (χ1n) is 11.8. The predicted molar refractivity (Wildman–Crippen MR) is 122 cm³/mol. The molecule has 1 saturated carbocycles. The molecule has 0 atom stereocenters. The standard InChI is InChI=1S/C24H35FN4O3/c1-17-15-20-22(16-21(17)25)32-27-24(20)29-12-10-28(11-13-29)9-7-18-3-5-19(6-4-18)26-23(30)8-14-31-2/h15-16,18-19H,3-14H2,1-2H3,(H,26,30)/t18-,19-. The van der Waals surface area contributed by atoms with Crippen LogP contribution in [0.1, 0.15) is 44.1 Å². The summed E-state index contributed by atoms with van der Waals surface area (Å²) in [6, 6.07) is 3.59. The third kappa shape index (κ3) is 5.59. The minimum atomic E-state index is -0.257. The van der Waals surface area contributed by atoms with Crippen molar-refractivity contribution in [2.45, 2.75) is 51.5 Å². The van der Waals surface area contributed by atoms with Gasteiger partial charge in [-0.2, -0.15) is 0 Å². The second-order valence-corrected chi connectivity index (χ2v) is 9.25. The summed E-state index contributed by atoms with van der Waals surface area (Å²) in [5.74, 6) is 1.42. The van der Waals surface area contributed by atoms with Crippen LogP contribution in [-0.4, -0.2) is 68.4 Å². The molecule has 32 heavy (non-hydrogen) atoms. The highest BCUT2D eigenvalue weighted by molar-refractivity contribution is 5.89. The van der Waals surface area contributed by atoms with E-state index in [1.807, 2.05) is 6.07 Å². The smallest absolute Gasteiger partial charge is 0.222 e. The molecule has 1 aliphatic heterocycles. The summed E-state index contributed by atoms with van der Waals surface area (Å²) in [5, 5.41) is 8.26. The van der Waals surface area contributed by atoms with Crippen molar-refractivity contribution in [1.82, 2.24) is 15.4 Å². The van der Waals surface area contributed by atoms with Gasteiger partial charge in [0, 0.05) is 51.8 Å². The van der Waals surface area contributed by atoms with Crippen LogP contribution in [0.5, 0.6) is 0 Å². The van der Waals surface area contributed by atoms with Crippen LogP contribution in [0.25, 0.3) is 11.0 Å². The molecule has 1 aromatic heterocycles. The lowest BCUT2D eigenvalue weighted by Gasteiger charge is -2.36. The molecule has 7 nitrogen and oxygen atoms in total. The number of carbonyl (C=O) groups excluding carboxylic acids is 1. The highest BCUT2D eigenvalue weighted by atomic mass is 19.1. The first-order valence-corrected chi connectivity index (χ1v) is 11.8. The number of anilines is 1. The number of nitrogens with one attached hydrogen (secondary N) is 1. The molecule has 0 unspecified atom stereocenters. The zero-order valence-electron chi connectivity index (χ0n) is 19.2. The van der Waals surface area contributed by atoms with Gasteiger partial charge in [-0.1, -0.05) is 5.16 Å². The van der Waals surface area contributed by atoms with Crippen molar-refractivity contribution in [1.29, 1.82) is 0 Å². The molecule has 1 amide bonds. The normalized spacial score (nSPS) is 22.4. The molecule has 1 aromatic carbocycles. The fourth-order valence-corrected chi connectivity index (χ4v) is 4.92. The highest BCUT2D eigenvalue weighted by Gasteiger charge is 2.25. The Bertz CT molecular complexity index is 902. The lowest BCUT2D eigenvalue weighted by molar-refractivity contribution is -0.122. The molecular weight excluding hydrogens is 411 g/mol. The van der Waals surface area contributed by atoms with Crippen LogP contribution in [0, 0.1) is 18.7 Å². The topological polar surface area (TPSA) is 70.8 Å². The minimum Gasteiger partial charge on any atom is -0.384 e. The Morgan fingerprint density at radius 2 is 1.97 bits per heavy atom. The van der Waals surface area contributed by atoms with Crippen LogP contribution in [0.2, 0.25) is 0 Å². The summed E-state index contributed by atoms with van der Waals surface area (Å²) >= 11 is 0. The number of ether oxygens (including phenoxy) is 1. The molecule has 176 valence electrons. The molecule has 0 bridgehead atoms. The number of amides is 1. The molecule has 0 spiro atoms. The average molecular weight is 447 g/mol. The number of hydrogen-bond donors (Lipinski definition) is 1. The van der Waals surface area contributed by atoms with Gasteiger partial charge >= 0.3 is 0 Å². The predicted octanol–water partition coefficient (Wildman–Crippen LogP) is 3.50. The molecule has 2 fully saturated rings. The molecule has 1 N–H and O–H groups in total. The van der Waals surface area contributed by atoms with Gasteiger partial charge in [0.2, 0.25) is 5.91 Å². The van der Waals surface area contributed by atoms with Crippen molar-refractivity contribution >= 4 is 22.7 Å². The number of aryl methyl sites for hydroxylation is 1. The van der Waals surface area contributed by atoms with Crippen molar-refractivity contribution in [3.63, 3.8) is 0 Å².